The molecule has 132 valence electrons. The van der Waals surface area contributed by atoms with Gasteiger partial charge in [-0.05, 0) is 49.2 Å². The van der Waals surface area contributed by atoms with Crippen molar-refractivity contribution in [1.82, 2.24) is 19.7 Å². The molecule has 4 rings (SSSR count). The fourth-order valence-electron chi connectivity index (χ4n) is 3.29. The summed E-state index contributed by atoms with van der Waals surface area (Å²) in [4.78, 5) is 8.55. The Hall–Kier alpha value is -3.02. The highest BCUT2D eigenvalue weighted by atomic mass is 19.1. The molecule has 0 fully saturated rings. The van der Waals surface area contributed by atoms with E-state index in [0.717, 1.165) is 33.1 Å². The zero-order chi connectivity index (χ0) is 18.5. The molecule has 0 bridgehead atoms. The van der Waals surface area contributed by atoms with Gasteiger partial charge >= 0.3 is 0 Å². The van der Waals surface area contributed by atoms with Gasteiger partial charge in [-0.25, -0.2) is 19.0 Å². The predicted molar refractivity (Wildman–Crippen MR) is 101 cm³/mol. The molecule has 0 spiro atoms. The quantitative estimate of drug-likeness (QED) is 0.593. The number of rotatable bonds is 2. The van der Waals surface area contributed by atoms with Crippen LogP contribution in [0.2, 0.25) is 0 Å². The SMILES string of the molecule is CC(C)(C)n1nc(Cc2cccc3cc(F)ccc23)c2c(N)ncnc21. The van der Waals surface area contributed by atoms with Gasteiger partial charge in [0, 0.05) is 6.42 Å². The molecule has 2 N–H and O–H groups in total. The molecule has 5 nitrogen and oxygen atoms in total. The summed E-state index contributed by atoms with van der Waals surface area (Å²) in [6.45, 7) is 6.21. The van der Waals surface area contributed by atoms with Crippen molar-refractivity contribution in [2.24, 2.45) is 0 Å². The molecule has 26 heavy (non-hydrogen) atoms. The molecule has 0 aliphatic heterocycles. The molecule has 0 aliphatic rings. The number of anilines is 1. The largest absolute Gasteiger partial charge is 0.383 e. The Bertz CT molecular complexity index is 1120. The standard InChI is InChI=1S/C20H20FN5/c1-20(2,3)26-19-17(18(22)23-11-24-19)16(25-26)10-13-6-4-5-12-9-14(21)7-8-15(12)13/h4-9,11H,10H2,1-3H3,(H2,22,23,24). The number of nitrogens with zero attached hydrogens (tertiary/aromatic N) is 4. The molecular weight excluding hydrogens is 329 g/mol. The third-order valence-corrected chi connectivity index (χ3v) is 4.49. The van der Waals surface area contributed by atoms with Crippen LogP contribution in [0.15, 0.2) is 42.7 Å². The summed E-state index contributed by atoms with van der Waals surface area (Å²) in [5, 5.41) is 7.45. The van der Waals surface area contributed by atoms with E-state index in [9.17, 15) is 4.39 Å². The van der Waals surface area contributed by atoms with Crippen molar-refractivity contribution >= 4 is 27.6 Å². The maximum atomic E-state index is 13.5. The second-order valence-corrected chi connectivity index (χ2v) is 7.45. The van der Waals surface area contributed by atoms with E-state index in [-0.39, 0.29) is 11.4 Å². The number of nitrogens with two attached hydrogens (primary N) is 1. The lowest BCUT2D eigenvalue weighted by atomic mass is 10.00. The van der Waals surface area contributed by atoms with Crippen LogP contribution in [0.1, 0.15) is 32.0 Å². The van der Waals surface area contributed by atoms with Gasteiger partial charge in [0.1, 0.15) is 18.0 Å². The fourth-order valence-corrected chi connectivity index (χ4v) is 3.29. The molecule has 2 heterocycles. The first kappa shape index (κ1) is 16.4. The molecule has 0 saturated heterocycles. The van der Waals surface area contributed by atoms with Gasteiger partial charge < -0.3 is 5.73 Å². The maximum absolute atomic E-state index is 13.5. The topological polar surface area (TPSA) is 69.6 Å². The number of nitrogen functional groups attached to an aromatic ring is 1. The molecule has 0 radical (unpaired) electrons. The van der Waals surface area contributed by atoms with Crippen LogP contribution in [0.4, 0.5) is 10.2 Å². The Kier molecular flexibility index (Phi) is 3.64. The third kappa shape index (κ3) is 2.67. The fraction of sp³-hybridized carbons (Fsp3) is 0.250. The number of hydrogen-bond acceptors (Lipinski definition) is 4. The third-order valence-electron chi connectivity index (χ3n) is 4.49. The van der Waals surface area contributed by atoms with Crippen LogP contribution in [-0.2, 0) is 12.0 Å². The van der Waals surface area contributed by atoms with Gasteiger partial charge in [0.25, 0.3) is 0 Å². The molecule has 2 aromatic carbocycles. The van der Waals surface area contributed by atoms with Crippen LogP contribution in [-0.4, -0.2) is 19.7 Å². The molecule has 0 aliphatic carbocycles. The van der Waals surface area contributed by atoms with Crippen molar-refractivity contribution in [3.8, 4) is 0 Å². The highest BCUT2D eigenvalue weighted by Crippen LogP contribution is 2.29. The first-order chi connectivity index (χ1) is 12.3. The summed E-state index contributed by atoms with van der Waals surface area (Å²) >= 11 is 0. The lowest BCUT2D eigenvalue weighted by molar-refractivity contribution is 0.363. The summed E-state index contributed by atoms with van der Waals surface area (Å²) in [6, 6.07) is 10.7. The normalized spacial score (nSPS) is 12.2. The Morgan fingerprint density at radius 1 is 1.12 bits per heavy atom. The molecule has 6 heteroatoms. The Morgan fingerprint density at radius 2 is 1.92 bits per heavy atom. The summed E-state index contributed by atoms with van der Waals surface area (Å²) in [7, 11) is 0. The minimum atomic E-state index is -0.241. The average Bonchev–Trinajstić information content (AvgIpc) is 2.95. The molecule has 0 atom stereocenters. The van der Waals surface area contributed by atoms with Crippen molar-refractivity contribution in [3.05, 3.63) is 59.8 Å². The number of aromatic nitrogens is 4. The minimum absolute atomic E-state index is 0.237. The number of hydrogen-bond donors (Lipinski definition) is 1. The summed E-state index contributed by atoms with van der Waals surface area (Å²) in [5.74, 6) is 0.182. The van der Waals surface area contributed by atoms with Gasteiger partial charge in [-0.15, -0.1) is 0 Å². The van der Waals surface area contributed by atoms with Crippen LogP contribution in [0.5, 0.6) is 0 Å². The molecule has 0 saturated carbocycles. The lowest BCUT2D eigenvalue weighted by Crippen LogP contribution is -2.23. The average molecular weight is 349 g/mol. The minimum Gasteiger partial charge on any atom is -0.383 e. The van der Waals surface area contributed by atoms with Gasteiger partial charge in [0.05, 0.1) is 16.6 Å². The first-order valence-electron chi connectivity index (χ1n) is 8.50. The number of fused-ring (bicyclic) bond motifs is 2. The maximum Gasteiger partial charge on any atom is 0.164 e. The highest BCUT2D eigenvalue weighted by Gasteiger charge is 2.23. The van der Waals surface area contributed by atoms with Crippen LogP contribution in [0, 0.1) is 5.82 Å². The predicted octanol–water partition coefficient (Wildman–Crippen LogP) is 4.05. The number of halogens is 1. The van der Waals surface area contributed by atoms with E-state index in [1.165, 1.54) is 12.4 Å². The molecular formula is C20H20FN5. The second kappa shape index (κ2) is 5.76. The van der Waals surface area contributed by atoms with Gasteiger partial charge in [-0.3, -0.25) is 0 Å². The van der Waals surface area contributed by atoms with Crippen LogP contribution in [0.25, 0.3) is 21.8 Å². The van der Waals surface area contributed by atoms with Gasteiger partial charge in [-0.1, -0.05) is 24.3 Å². The summed E-state index contributed by atoms with van der Waals surface area (Å²) in [5.41, 5.74) is 8.52. The van der Waals surface area contributed by atoms with E-state index < -0.39 is 0 Å². The van der Waals surface area contributed by atoms with E-state index >= 15 is 0 Å². The smallest absolute Gasteiger partial charge is 0.164 e. The van der Waals surface area contributed by atoms with E-state index in [1.54, 1.807) is 6.07 Å². The van der Waals surface area contributed by atoms with Gasteiger partial charge in [0.15, 0.2) is 5.65 Å². The van der Waals surface area contributed by atoms with Gasteiger partial charge in [-0.2, -0.15) is 5.10 Å². The highest BCUT2D eigenvalue weighted by molar-refractivity contribution is 5.90. The van der Waals surface area contributed by atoms with Crippen molar-refractivity contribution in [1.29, 1.82) is 0 Å². The first-order valence-corrected chi connectivity index (χ1v) is 8.50. The van der Waals surface area contributed by atoms with Crippen molar-refractivity contribution < 1.29 is 4.39 Å². The zero-order valence-electron chi connectivity index (χ0n) is 15.0. The van der Waals surface area contributed by atoms with E-state index in [0.29, 0.717) is 12.2 Å². The molecule has 4 aromatic rings. The Labute approximate surface area is 150 Å². The monoisotopic (exact) mass is 349 g/mol. The summed E-state index contributed by atoms with van der Waals surface area (Å²) in [6.07, 6.45) is 2.03. The van der Waals surface area contributed by atoms with Crippen molar-refractivity contribution in [3.63, 3.8) is 0 Å². The van der Waals surface area contributed by atoms with Crippen molar-refractivity contribution in [2.45, 2.75) is 32.7 Å². The van der Waals surface area contributed by atoms with Crippen LogP contribution >= 0.6 is 0 Å². The van der Waals surface area contributed by atoms with Crippen molar-refractivity contribution in [2.75, 3.05) is 5.73 Å². The molecule has 2 aromatic heterocycles. The zero-order valence-corrected chi connectivity index (χ0v) is 15.0. The molecule has 0 amide bonds. The lowest BCUT2D eigenvalue weighted by Gasteiger charge is -2.19. The van der Waals surface area contributed by atoms with E-state index in [4.69, 9.17) is 10.8 Å². The Balaban J connectivity index is 1.91. The summed E-state index contributed by atoms with van der Waals surface area (Å²) < 4.78 is 15.4. The second-order valence-electron chi connectivity index (χ2n) is 7.45. The van der Waals surface area contributed by atoms with E-state index in [1.807, 2.05) is 28.9 Å². The number of benzene rings is 2. The van der Waals surface area contributed by atoms with Crippen LogP contribution in [0.3, 0.4) is 0 Å². The Morgan fingerprint density at radius 3 is 2.69 bits per heavy atom. The van der Waals surface area contributed by atoms with Crippen LogP contribution < -0.4 is 5.73 Å². The van der Waals surface area contributed by atoms with E-state index in [2.05, 4.69) is 30.7 Å². The molecule has 0 unspecified atom stereocenters. The van der Waals surface area contributed by atoms with Gasteiger partial charge in [0.2, 0.25) is 0 Å².